The summed E-state index contributed by atoms with van der Waals surface area (Å²) in [4.78, 5) is 0. The van der Waals surface area contributed by atoms with E-state index in [1.54, 1.807) is 0 Å². The molecular formula is C16H21NO2. The van der Waals surface area contributed by atoms with E-state index in [-0.39, 0.29) is 19.3 Å². The van der Waals surface area contributed by atoms with E-state index < -0.39 is 0 Å². The Bertz CT molecular complexity index is 508. The molecule has 0 saturated carbocycles. The first-order chi connectivity index (χ1) is 9.35. The van der Waals surface area contributed by atoms with Gasteiger partial charge in [0.1, 0.15) is 0 Å². The van der Waals surface area contributed by atoms with Gasteiger partial charge in [-0.15, -0.1) is 0 Å². The molecule has 3 N–H and O–H groups in total. The van der Waals surface area contributed by atoms with Crippen molar-refractivity contribution in [1.82, 2.24) is 5.32 Å². The summed E-state index contributed by atoms with van der Waals surface area (Å²) >= 11 is 0. The Balaban J connectivity index is 1.98. The third kappa shape index (κ3) is 3.77. The van der Waals surface area contributed by atoms with E-state index in [1.807, 2.05) is 6.07 Å². The van der Waals surface area contributed by atoms with Gasteiger partial charge < -0.3 is 15.5 Å². The van der Waals surface area contributed by atoms with E-state index in [9.17, 15) is 0 Å². The fraction of sp³-hybridized carbons (Fsp3) is 0.375. The average Bonchev–Trinajstić information content (AvgIpc) is 2.46. The minimum Gasteiger partial charge on any atom is -0.396 e. The molecule has 0 saturated heterocycles. The predicted octanol–water partition coefficient (Wildman–Crippen LogP) is 1.72. The molecule has 3 heteroatoms. The summed E-state index contributed by atoms with van der Waals surface area (Å²) in [6.45, 7) is 0.974. The van der Waals surface area contributed by atoms with Gasteiger partial charge in [0.25, 0.3) is 0 Å². The first kappa shape index (κ1) is 14.0. The lowest BCUT2D eigenvalue weighted by Gasteiger charge is -2.15. The lowest BCUT2D eigenvalue weighted by Crippen LogP contribution is -2.34. The zero-order valence-electron chi connectivity index (χ0n) is 11.0. The van der Waals surface area contributed by atoms with Gasteiger partial charge in [0.2, 0.25) is 0 Å². The molecule has 0 radical (unpaired) electrons. The van der Waals surface area contributed by atoms with E-state index in [0.717, 1.165) is 13.0 Å². The lowest BCUT2D eigenvalue weighted by atomic mass is 10.0. The standard InChI is InChI=1S/C16H21NO2/c18-11-9-15(12-19)17-10-8-14-6-3-5-13-4-1-2-7-16(13)14/h1-7,15,17-19H,8-12H2. The van der Waals surface area contributed by atoms with Gasteiger partial charge in [-0.25, -0.2) is 0 Å². The molecule has 2 aromatic rings. The van der Waals surface area contributed by atoms with Crippen molar-refractivity contribution in [3.05, 3.63) is 48.0 Å². The highest BCUT2D eigenvalue weighted by Gasteiger charge is 2.06. The topological polar surface area (TPSA) is 52.5 Å². The Morgan fingerprint density at radius 2 is 1.79 bits per heavy atom. The number of rotatable bonds is 7. The SMILES string of the molecule is OCCC(CO)NCCc1cccc2ccccc12. The predicted molar refractivity (Wildman–Crippen MR) is 78.2 cm³/mol. The molecule has 0 spiro atoms. The molecule has 1 unspecified atom stereocenters. The van der Waals surface area contributed by atoms with E-state index in [1.165, 1.54) is 16.3 Å². The molecule has 0 aliphatic rings. The molecule has 3 nitrogen and oxygen atoms in total. The second-order valence-electron chi connectivity index (χ2n) is 4.73. The molecule has 2 aromatic carbocycles. The maximum atomic E-state index is 9.15. The van der Waals surface area contributed by atoms with E-state index >= 15 is 0 Å². The fourth-order valence-corrected chi connectivity index (χ4v) is 2.34. The first-order valence-corrected chi connectivity index (χ1v) is 6.77. The Labute approximate surface area is 113 Å². The maximum absolute atomic E-state index is 9.15. The van der Waals surface area contributed by atoms with Crippen molar-refractivity contribution in [2.45, 2.75) is 18.9 Å². The van der Waals surface area contributed by atoms with Gasteiger partial charge in [-0.1, -0.05) is 42.5 Å². The zero-order chi connectivity index (χ0) is 13.5. The van der Waals surface area contributed by atoms with Crippen LogP contribution in [0.1, 0.15) is 12.0 Å². The highest BCUT2D eigenvalue weighted by atomic mass is 16.3. The number of fused-ring (bicyclic) bond motifs is 1. The summed E-state index contributed by atoms with van der Waals surface area (Å²) in [6.07, 6.45) is 1.51. The molecule has 102 valence electrons. The van der Waals surface area contributed by atoms with Gasteiger partial charge in [-0.2, -0.15) is 0 Å². The molecule has 19 heavy (non-hydrogen) atoms. The summed E-state index contributed by atoms with van der Waals surface area (Å²) in [7, 11) is 0. The van der Waals surface area contributed by atoms with Crippen LogP contribution in [0, 0.1) is 0 Å². The Hall–Kier alpha value is -1.42. The van der Waals surface area contributed by atoms with Crippen molar-refractivity contribution >= 4 is 10.8 Å². The van der Waals surface area contributed by atoms with Crippen LogP contribution in [0.25, 0.3) is 10.8 Å². The summed E-state index contributed by atoms with van der Waals surface area (Å²) in [6, 6.07) is 14.7. The number of aliphatic hydroxyl groups is 2. The number of hydrogen-bond donors (Lipinski definition) is 3. The minimum atomic E-state index is -0.0139. The quantitative estimate of drug-likeness (QED) is 0.709. The lowest BCUT2D eigenvalue weighted by molar-refractivity contribution is 0.201. The van der Waals surface area contributed by atoms with Crippen LogP contribution < -0.4 is 5.32 Å². The zero-order valence-corrected chi connectivity index (χ0v) is 11.0. The Kier molecular flexibility index (Phi) is 5.33. The molecule has 0 fully saturated rings. The highest BCUT2D eigenvalue weighted by Crippen LogP contribution is 2.18. The molecular weight excluding hydrogens is 238 g/mol. The summed E-state index contributed by atoms with van der Waals surface area (Å²) < 4.78 is 0. The summed E-state index contributed by atoms with van der Waals surface area (Å²) in [5.41, 5.74) is 1.31. The van der Waals surface area contributed by atoms with Crippen LogP contribution in [0.15, 0.2) is 42.5 Å². The molecule has 0 bridgehead atoms. The largest absolute Gasteiger partial charge is 0.396 e. The van der Waals surface area contributed by atoms with Crippen molar-refractivity contribution in [2.75, 3.05) is 19.8 Å². The molecule has 0 aliphatic heterocycles. The first-order valence-electron chi connectivity index (χ1n) is 6.77. The minimum absolute atomic E-state index is 0.0139. The van der Waals surface area contributed by atoms with Gasteiger partial charge in [-0.3, -0.25) is 0 Å². The smallest absolute Gasteiger partial charge is 0.0585 e. The molecule has 1 atom stereocenters. The molecule has 0 heterocycles. The van der Waals surface area contributed by atoms with Crippen molar-refractivity contribution in [2.24, 2.45) is 0 Å². The number of benzene rings is 2. The van der Waals surface area contributed by atoms with Gasteiger partial charge in [-0.05, 0) is 35.7 Å². The maximum Gasteiger partial charge on any atom is 0.0585 e. The van der Waals surface area contributed by atoms with Crippen LogP contribution in [0.5, 0.6) is 0 Å². The van der Waals surface area contributed by atoms with Gasteiger partial charge in [0, 0.05) is 12.6 Å². The van der Waals surface area contributed by atoms with Crippen LogP contribution in [0.3, 0.4) is 0 Å². The van der Waals surface area contributed by atoms with Crippen LogP contribution in [0.2, 0.25) is 0 Å². The van der Waals surface area contributed by atoms with E-state index in [4.69, 9.17) is 10.2 Å². The van der Waals surface area contributed by atoms with Crippen molar-refractivity contribution in [3.8, 4) is 0 Å². The number of aliphatic hydroxyl groups excluding tert-OH is 2. The second-order valence-corrected chi connectivity index (χ2v) is 4.73. The number of nitrogens with one attached hydrogen (secondary N) is 1. The number of hydrogen-bond acceptors (Lipinski definition) is 3. The van der Waals surface area contributed by atoms with Gasteiger partial charge in [0.05, 0.1) is 6.61 Å². The summed E-state index contributed by atoms with van der Waals surface area (Å²) in [5, 5.41) is 23.8. The van der Waals surface area contributed by atoms with Gasteiger partial charge >= 0.3 is 0 Å². The van der Waals surface area contributed by atoms with E-state index in [2.05, 4.69) is 41.7 Å². The fourth-order valence-electron chi connectivity index (χ4n) is 2.34. The second kappa shape index (κ2) is 7.24. The molecule has 2 rings (SSSR count). The third-order valence-electron chi connectivity index (χ3n) is 3.41. The molecule has 0 aliphatic carbocycles. The van der Waals surface area contributed by atoms with Gasteiger partial charge in [0.15, 0.2) is 0 Å². The van der Waals surface area contributed by atoms with Crippen molar-refractivity contribution in [3.63, 3.8) is 0 Å². The molecule has 0 amide bonds. The van der Waals surface area contributed by atoms with Crippen LogP contribution in [-0.4, -0.2) is 36.0 Å². The van der Waals surface area contributed by atoms with Crippen molar-refractivity contribution < 1.29 is 10.2 Å². The van der Waals surface area contributed by atoms with Crippen LogP contribution >= 0.6 is 0 Å². The van der Waals surface area contributed by atoms with Crippen molar-refractivity contribution in [1.29, 1.82) is 0 Å². The highest BCUT2D eigenvalue weighted by molar-refractivity contribution is 5.85. The summed E-state index contributed by atoms with van der Waals surface area (Å²) in [5.74, 6) is 0. The monoisotopic (exact) mass is 259 g/mol. The van der Waals surface area contributed by atoms with E-state index in [0.29, 0.717) is 6.42 Å². The van der Waals surface area contributed by atoms with Crippen LogP contribution in [0.4, 0.5) is 0 Å². The normalized spacial score (nSPS) is 12.7. The Morgan fingerprint density at radius 3 is 2.58 bits per heavy atom. The molecule has 0 aromatic heterocycles. The van der Waals surface area contributed by atoms with Crippen LogP contribution in [-0.2, 0) is 6.42 Å². The average molecular weight is 259 g/mol. The third-order valence-corrected chi connectivity index (χ3v) is 3.41. The Morgan fingerprint density at radius 1 is 1.00 bits per heavy atom.